The van der Waals surface area contributed by atoms with Crippen LogP contribution in [-0.4, -0.2) is 47.2 Å². The molecule has 2 aromatic rings. The molecule has 3 amide bonds. The van der Waals surface area contributed by atoms with Crippen molar-refractivity contribution in [2.75, 3.05) is 19.7 Å². The Morgan fingerprint density at radius 2 is 1.86 bits per heavy atom. The highest BCUT2D eigenvalue weighted by atomic mass is 16.6. The lowest BCUT2D eigenvalue weighted by Gasteiger charge is -2.13. The predicted molar refractivity (Wildman–Crippen MR) is 103 cm³/mol. The van der Waals surface area contributed by atoms with E-state index in [1.807, 2.05) is 31.2 Å². The molecule has 0 aromatic heterocycles. The molecule has 0 saturated carbocycles. The van der Waals surface area contributed by atoms with Crippen LogP contribution in [0.4, 0.5) is 5.69 Å². The van der Waals surface area contributed by atoms with Gasteiger partial charge in [-0.15, -0.1) is 0 Å². The lowest BCUT2D eigenvalue weighted by Crippen LogP contribution is -2.35. The summed E-state index contributed by atoms with van der Waals surface area (Å²) >= 11 is 0. The van der Waals surface area contributed by atoms with Gasteiger partial charge in [0, 0.05) is 19.0 Å². The molecule has 0 fully saturated rings. The summed E-state index contributed by atoms with van der Waals surface area (Å²) in [7, 11) is 0. The smallest absolute Gasteiger partial charge is 0.282 e. The van der Waals surface area contributed by atoms with Crippen LogP contribution in [0.3, 0.4) is 0 Å². The van der Waals surface area contributed by atoms with Crippen molar-refractivity contribution in [2.45, 2.75) is 13.3 Å². The molecular weight excluding hydrogens is 378 g/mol. The van der Waals surface area contributed by atoms with E-state index in [2.05, 4.69) is 5.32 Å². The number of hydrogen-bond acceptors (Lipinski definition) is 6. The van der Waals surface area contributed by atoms with Gasteiger partial charge in [0.15, 0.2) is 0 Å². The third-order valence-electron chi connectivity index (χ3n) is 4.45. The largest absolute Gasteiger partial charge is 0.492 e. The summed E-state index contributed by atoms with van der Waals surface area (Å²) < 4.78 is 5.50. The van der Waals surface area contributed by atoms with E-state index < -0.39 is 22.4 Å². The second-order valence-electron chi connectivity index (χ2n) is 6.48. The average Bonchev–Trinajstić information content (AvgIpc) is 2.95. The van der Waals surface area contributed by atoms with Gasteiger partial charge in [0.25, 0.3) is 17.5 Å². The number of fused-ring (bicyclic) bond motifs is 1. The van der Waals surface area contributed by atoms with E-state index in [4.69, 9.17) is 4.74 Å². The van der Waals surface area contributed by atoms with E-state index in [-0.39, 0.29) is 43.2 Å². The Bertz CT molecular complexity index is 971. The number of nitro groups is 1. The third-order valence-corrected chi connectivity index (χ3v) is 4.45. The van der Waals surface area contributed by atoms with Crippen LogP contribution in [0.1, 0.15) is 32.7 Å². The quantitative estimate of drug-likeness (QED) is 0.315. The van der Waals surface area contributed by atoms with Crippen LogP contribution in [0.5, 0.6) is 5.75 Å². The van der Waals surface area contributed by atoms with Crippen LogP contribution in [0, 0.1) is 17.0 Å². The molecule has 150 valence electrons. The molecule has 2 aromatic carbocycles. The summed E-state index contributed by atoms with van der Waals surface area (Å²) in [5, 5.41) is 13.7. The number of rotatable bonds is 8. The Kier molecular flexibility index (Phi) is 5.87. The zero-order chi connectivity index (χ0) is 21.0. The van der Waals surface area contributed by atoms with E-state index in [1.54, 1.807) is 0 Å². The van der Waals surface area contributed by atoms with Gasteiger partial charge < -0.3 is 10.1 Å². The minimum absolute atomic E-state index is 0.0175. The number of hydrogen-bond donors (Lipinski definition) is 1. The monoisotopic (exact) mass is 397 g/mol. The standard InChI is InChI=1S/C20H19N3O6/c1-13-5-7-14(8-6-13)29-12-10-21-17(24)9-11-22-19(25)15-3-2-4-16(23(27)28)18(15)20(22)26/h2-8H,9-12H2,1H3,(H,21,24). The van der Waals surface area contributed by atoms with Crippen LogP contribution < -0.4 is 10.1 Å². The average molecular weight is 397 g/mol. The van der Waals surface area contributed by atoms with Gasteiger partial charge >= 0.3 is 0 Å². The van der Waals surface area contributed by atoms with Crippen molar-refractivity contribution in [1.82, 2.24) is 10.2 Å². The lowest BCUT2D eigenvalue weighted by atomic mass is 10.1. The SMILES string of the molecule is Cc1ccc(OCCNC(=O)CCN2C(=O)c3cccc([N+](=O)[O-])c3C2=O)cc1. The Morgan fingerprint density at radius 1 is 1.14 bits per heavy atom. The number of nitrogens with zero attached hydrogens (tertiary/aromatic N) is 2. The summed E-state index contributed by atoms with van der Waals surface area (Å²) in [6.07, 6.45) is -0.107. The van der Waals surface area contributed by atoms with Crippen molar-refractivity contribution >= 4 is 23.4 Å². The number of carbonyl (C=O) groups excluding carboxylic acids is 3. The highest BCUT2D eigenvalue weighted by Gasteiger charge is 2.40. The van der Waals surface area contributed by atoms with Gasteiger partial charge in [0.1, 0.15) is 17.9 Å². The first kappa shape index (κ1) is 20.0. The van der Waals surface area contributed by atoms with Crippen LogP contribution in [-0.2, 0) is 4.79 Å². The molecule has 0 spiro atoms. The number of amides is 3. The van der Waals surface area contributed by atoms with Crippen LogP contribution in [0.15, 0.2) is 42.5 Å². The summed E-state index contributed by atoms with van der Waals surface area (Å²) in [5.74, 6) is -1.06. The fraction of sp³-hybridized carbons (Fsp3) is 0.250. The van der Waals surface area contributed by atoms with E-state index in [0.717, 1.165) is 10.5 Å². The van der Waals surface area contributed by atoms with Crippen LogP contribution in [0.25, 0.3) is 0 Å². The van der Waals surface area contributed by atoms with E-state index in [9.17, 15) is 24.5 Å². The molecule has 3 rings (SSSR count). The van der Waals surface area contributed by atoms with Gasteiger partial charge in [0.05, 0.1) is 17.0 Å². The van der Waals surface area contributed by atoms with E-state index in [1.165, 1.54) is 18.2 Å². The number of nitro benzene ring substituents is 1. The number of imide groups is 1. The lowest BCUT2D eigenvalue weighted by molar-refractivity contribution is -0.385. The summed E-state index contributed by atoms with van der Waals surface area (Å²) in [4.78, 5) is 48.1. The van der Waals surface area contributed by atoms with Crippen LogP contribution in [0.2, 0.25) is 0 Å². The molecular formula is C20H19N3O6. The highest BCUT2D eigenvalue weighted by Crippen LogP contribution is 2.30. The molecule has 1 aliphatic rings. The number of aryl methyl sites for hydroxylation is 1. The number of carbonyl (C=O) groups is 3. The van der Waals surface area contributed by atoms with E-state index in [0.29, 0.717) is 5.75 Å². The van der Waals surface area contributed by atoms with E-state index >= 15 is 0 Å². The molecule has 0 bridgehead atoms. The Hall–Kier alpha value is -3.75. The maximum absolute atomic E-state index is 12.4. The summed E-state index contributed by atoms with van der Waals surface area (Å²) in [5.41, 5.74) is 0.454. The first-order valence-corrected chi connectivity index (χ1v) is 8.98. The second-order valence-corrected chi connectivity index (χ2v) is 6.48. The number of benzene rings is 2. The van der Waals surface area contributed by atoms with Gasteiger partial charge in [-0.05, 0) is 25.1 Å². The van der Waals surface area contributed by atoms with Crippen molar-refractivity contribution in [3.63, 3.8) is 0 Å². The molecule has 0 atom stereocenters. The van der Waals surface area contributed by atoms with Crippen molar-refractivity contribution in [1.29, 1.82) is 0 Å². The minimum Gasteiger partial charge on any atom is -0.492 e. The van der Waals surface area contributed by atoms with Crippen molar-refractivity contribution < 1.29 is 24.0 Å². The Labute approximate surface area is 166 Å². The number of ether oxygens (including phenoxy) is 1. The predicted octanol–water partition coefficient (Wildman–Crippen LogP) is 2.08. The van der Waals surface area contributed by atoms with Gasteiger partial charge in [-0.1, -0.05) is 23.8 Å². The molecule has 9 nitrogen and oxygen atoms in total. The van der Waals surface area contributed by atoms with Crippen LogP contribution >= 0.6 is 0 Å². The maximum Gasteiger partial charge on any atom is 0.282 e. The fourth-order valence-electron chi connectivity index (χ4n) is 2.97. The molecule has 0 aliphatic carbocycles. The normalized spacial score (nSPS) is 12.7. The zero-order valence-corrected chi connectivity index (χ0v) is 15.7. The minimum atomic E-state index is -0.757. The second kappa shape index (κ2) is 8.51. The van der Waals surface area contributed by atoms with Gasteiger partial charge in [-0.2, -0.15) is 0 Å². The van der Waals surface area contributed by atoms with Crippen molar-refractivity contribution in [2.24, 2.45) is 0 Å². The topological polar surface area (TPSA) is 119 Å². The number of nitrogens with one attached hydrogen (secondary N) is 1. The molecule has 1 heterocycles. The summed E-state index contributed by atoms with van der Waals surface area (Å²) in [6.45, 7) is 2.35. The van der Waals surface area contributed by atoms with Gasteiger partial charge in [-0.25, -0.2) is 0 Å². The molecule has 0 saturated heterocycles. The zero-order valence-electron chi connectivity index (χ0n) is 15.7. The molecule has 1 N–H and O–H groups in total. The Balaban J connectivity index is 1.48. The fourth-order valence-corrected chi connectivity index (χ4v) is 2.97. The highest BCUT2D eigenvalue weighted by molar-refractivity contribution is 6.23. The molecule has 9 heteroatoms. The van der Waals surface area contributed by atoms with Crippen molar-refractivity contribution in [3.8, 4) is 5.75 Å². The molecule has 0 unspecified atom stereocenters. The summed E-state index contributed by atoms with van der Waals surface area (Å²) in [6, 6.07) is 11.4. The first-order valence-electron chi connectivity index (χ1n) is 8.98. The molecule has 1 aliphatic heterocycles. The molecule has 0 radical (unpaired) electrons. The van der Waals surface area contributed by atoms with Gasteiger partial charge in [0.2, 0.25) is 5.91 Å². The van der Waals surface area contributed by atoms with Gasteiger partial charge in [-0.3, -0.25) is 29.4 Å². The Morgan fingerprint density at radius 3 is 2.55 bits per heavy atom. The third kappa shape index (κ3) is 4.40. The van der Waals surface area contributed by atoms with Crippen molar-refractivity contribution in [3.05, 3.63) is 69.3 Å². The first-order chi connectivity index (χ1) is 13.9. The molecule has 29 heavy (non-hydrogen) atoms. The maximum atomic E-state index is 12.4.